The van der Waals surface area contributed by atoms with Crippen LogP contribution in [0.2, 0.25) is 0 Å². The van der Waals surface area contributed by atoms with Gasteiger partial charge in [-0.2, -0.15) is 0 Å². The molecule has 1 aliphatic heterocycles. The topological polar surface area (TPSA) is 122 Å². The number of rotatable bonds is 3. The van der Waals surface area contributed by atoms with Gasteiger partial charge in [-0.1, -0.05) is 6.07 Å². The molecule has 0 saturated heterocycles. The average molecular weight is 277 g/mol. The van der Waals surface area contributed by atoms with E-state index >= 15 is 0 Å². The molecular weight excluding hydrogens is 266 g/mol. The second-order valence-corrected chi connectivity index (χ2v) is 4.08. The normalized spacial score (nSPS) is 17.1. The monoisotopic (exact) mass is 277 g/mol. The van der Waals surface area contributed by atoms with Gasteiger partial charge in [-0.05, 0) is 12.5 Å². The maximum atomic E-state index is 11.8. The van der Waals surface area contributed by atoms with Gasteiger partial charge in [0.1, 0.15) is 11.8 Å². The number of esters is 1. The lowest BCUT2D eigenvalue weighted by atomic mass is 9.89. The molecule has 0 spiro atoms. The molecule has 1 aromatic carbocycles. The van der Waals surface area contributed by atoms with Crippen LogP contribution in [0.1, 0.15) is 28.8 Å². The summed E-state index contributed by atoms with van der Waals surface area (Å²) < 4.78 is 4.86. The molecule has 1 atom stereocenters. The number of hydrogen-bond donors (Lipinski definition) is 2. The molecule has 8 heteroatoms. The van der Waals surface area contributed by atoms with Crippen molar-refractivity contribution < 1.29 is 19.2 Å². The molecule has 2 N–H and O–H groups in total. The average Bonchev–Trinajstić information content (AvgIpc) is 2.38. The van der Waals surface area contributed by atoms with Crippen molar-refractivity contribution in [2.24, 2.45) is 0 Å². The number of nitrogens with zero attached hydrogens (tertiary/aromatic N) is 1. The number of carbonyl (C=O) groups excluding carboxylic acids is 2. The van der Waals surface area contributed by atoms with E-state index in [4.69, 9.17) is 10.1 Å². The fourth-order valence-electron chi connectivity index (χ4n) is 1.99. The molecule has 2 rings (SSSR count). The highest BCUT2D eigenvalue weighted by Gasteiger charge is 2.36. The first-order valence-electron chi connectivity index (χ1n) is 5.80. The lowest BCUT2D eigenvalue weighted by Gasteiger charge is -2.24. The zero-order valence-corrected chi connectivity index (χ0v) is 10.5. The van der Waals surface area contributed by atoms with Gasteiger partial charge in [-0.25, -0.2) is 0 Å². The molecule has 1 heterocycles. The third-order valence-corrected chi connectivity index (χ3v) is 2.86. The van der Waals surface area contributed by atoms with Gasteiger partial charge in [0.2, 0.25) is 0 Å². The summed E-state index contributed by atoms with van der Waals surface area (Å²) in [6, 6.07) is 3.59. The summed E-state index contributed by atoms with van der Waals surface area (Å²) in [6.07, 6.45) is 0. The Bertz CT molecular complexity index is 626. The molecule has 0 radical (unpaired) electrons. The fourth-order valence-corrected chi connectivity index (χ4v) is 1.99. The van der Waals surface area contributed by atoms with Crippen molar-refractivity contribution in [1.82, 2.24) is 5.32 Å². The Morgan fingerprint density at radius 2 is 2.25 bits per heavy atom. The van der Waals surface area contributed by atoms with Crippen LogP contribution in [-0.4, -0.2) is 29.2 Å². The largest absolute Gasteiger partial charge is 0.465 e. The van der Waals surface area contributed by atoms with Crippen molar-refractivity contribution in [2.75, 3.05) is 6.61 Å². The number of amidine groups is 1. The van der Waals surface area contributed by atoms with E-state index in [9.17, 15) is 19.7 Å². The van der Waals surface area contributed by atoms with Gasteiger partial charge in [0.15, 0.2) is 0 Å². The molecule has 20 heavy (non-hydrogen) atoms. The first kappa shape index (κ1) is 13.7. The van der Waals surface area contributed by atoms with Gasteiger partial charge in [0.05, 0.1) is 17.1 Å². The number of non-ortho nitro benzene ring substituents is 1. The summed E-state index contributed by atoms with van der Waals surface area (Å²) in [7, 11) is 0. The Balaban J connectivity index is 2.52. The summed E-state index contributed by atoms with van der Waals surface area (Å²) in [5.74, 6) is -2.68. The predicted molar refractivity (Wildman–Crippen MR) is 67.7 cm³/mol. The summed E-state index contributed by atoms with van der Waals surface area (Å²) in [4.78, 5) is 33.7. The Morgan fingerprint density at radius 1 is 1.55 bits per heavy atom. The minimum Gasteiger partial charge on any atom is -0.465 e. The van der Waals surface area contributed by atoms with Gasteiger partial charge in [-0.15, -0.1) is 0 Å². The van der Waals surface area contributed by atoms with E-state index in [-0.39, 0.29) is 29.3 Å². The van der Waals surface area contributed by atoms with E-state index in [1.807, 2.05) is 0 Å². The number of amides is 1. The quantitative estimate of drug-likeness (QED) is 0.484. The minimum atomic E-state index is -1.07. The molecule has 8 nitrogen and oxygen atoms in total. The third kappa shape index (κ3) is 2.22. The van der Waals surface area contributed by atoms with Crippen molar-refractivity contribution in [3.63, 3.8) is 0 Å². The molecule has 1 unspecified atom stereocenters. The van der Waals surface area contributed by atoms with E-state index in [0.717, 1.165) is 6.07 Å². The summed E-state index contributed by atoms with van der Waals surface area (Å²) in [5.41, 5.74) is -0.00834. The first-order chi connectivity index (χ1) is 9.45. The van der Waals surface area contributed by atoms with Crippen LogP contribution < -0.4 is 5.32 Å². The number of nitro groups is 1. The molecule has 0 aromatic heterocycles. The summed E-state index contributed by atoms with van der Waals surface area (Å²) in [6.45, 7) is 1.76. The maximum absolute atomic E-state index is 11.8. The Kier molecular flexibility index (Phi) is 3.47. The zero-order chi connectivity index (χ0) is 14.9. The van der Waals surface area contributed by atoms with Crippen LogP contribution in [0.25, 0.3) is 0 Å². The lowest BCUT2D eigenvalue weighted by Crippen LogP contribution is -2.43. The molecule has 1 aromatic rings. The standard InChI is InChI=1S/C12H11N3O5/c1-2-20-12(17)9-7-4-3-6(15(18)19)5-8(7)11(16)14-10(9)13/h3-5,9H,2H2,1H3,(H2,13,14,16). The highest BCUT2D eigenvalue weighted by atomic mass is 16.6. The van der Waals surface area contributed by atoms with Gasteiger partial charge in [0.25, 0.3) is 11.6 Å². The number of nitrogens with one attached hydrogen (secondary N) is 2. The minimum absolute atomic E-state index is 0.00764. The van der Waals surface area contributed by atoms with E-state index in [1.165, 1.54) is 12.1 Å². The van der Waals surface area contributed by atoms with Crippen molar-refractivity contribution in [3.05, 3.63) is 39.4 Å². The van der Waals surface area contributed by atoms with Gasteiger partial charge in [0, 0.05) is 12.1 Å². The van der Waals surface area contributed by atoms with Crippen molar-refractivity contribution in [2.45, 2.75) is 12.8 Å². The molecule has 104 valence electrons. The van der Waals surface area contributed by atoms with Crippen molar-refractivity contribution >= 4 is 23.4 Å². The molecule has 0 saturated carbocycles. The Hall–Kier alpha value is -2.77. The smallest absolute Gasteiger partial charge is 0.321 e. The van der Waals surface area contributed by atoms with E-state index < -0.39 is 22.7 Å². The molecule has 0 fully saturated rings. The number of hydrogen-bond acceptors (Lipinski definition) is 6. The number of fused-ring (bicyclic) bond motifs is 1. The summed E-state index contributed by atoms with van der Waals surface area (Å²) in [5, 5.41) is 20.6. The number of benzene rings is 1. The molecule has 1 aliphatic rings. The van der Waals surface area contributed by atoms with Gasteiger partial charge < -0.3 is 10.1 Å². The highest BCUT2D eigenvalue weighted by Crippen LogP contribution is 2.29. The summed E-state index contributed by atoms with van der Waals surface area (Å²) >= 11 is 0. The van der Waals surface area contributed by atoms with Crippen LogP contribution in [0.4, 0.5) is 5.69 Å². The van der Waals surface area contributed by atoms with Crippen LogP contribution in [0.15, 0.2) is 18.2 Å². The van der Waals surface area contributed by atoms with Crippen molar-refractivity contribution in [1.29, 1.82) is 5.41 Å². The fraction of sp³-hybridized carbons (Fsp3) is 0.250. The predicted octanol–water partition coefficient (Wildman–Crippen LogP) is 0.962. The molecule has 1 amide bonds. The van der Waals surface area contributed by atoms with Gasteiger partial charge in [-0.3, -0.25) is 25.1 Å². The second kappa shape index (κ2) is 5.08. The first-order valence-corrected chi connectivity index (χ1v) is 5.80. The molecular formula is C12H11N3O5. The highest BCUT2D eigenvalue weighted by molar-refractivity contribution is 6.19. The lowest BCUT2D eigenvalue weighted by molar-refractivity contribution is -0.384. The van der Waals surface area contributed by atoms with E-state index in [2.05, 4.69) is 5.32 Å². The van der Waals surface area contributed by atoms with Crippen LogP contribution >= 0.6 is 0 Å². The van der Waals surface area contributed by atoms with Crippen molar-refractivity contribution in [3.8, 4) is 0 Å². The number of carbonyl (C=O) groups is 2. The maximum Gasteiger partial charge on any atom is 0.321 e. The van der Waals surface area contributed by atoms with Crippen LogP contribution in [0.3, 0.4) is 0 Å². The SMILES string of the molecule is CCOC(=O)C1C(=N)NC(=O)c2cc([N+](=O)[O-])ccc21. The molecule has 0 aliphatic carbocycles. The second-order valence-electron chi connectivity index (χ2n) is 4.08. The van der Waals surface area contributed by atoms with Gasteiger partial charge >= 0.3 is 5.97 Å². The molecule has 0 bridgehead atoms. The number of ether oxygens (including phenoxy) is 1. The van der Waals surface area contributed by atoms with Crippen LogP contribution in [0, 0.1) is 15.5 Å². The zero-order valence-electron chi connectivity index (χ0n) is 10.5. The Morgan fingerprint density at radius 3 is 2.85 bits per heavy atom. The van der Waals surface area contributed by atoms with Crippen LogP contribution in [0.5, 0.6) is 0 Å². The van der Waals surface area contributed by atoms with E-state index in [0.29, 0.717) is 0 Å². The number of nitro benzene ring substituents is 1. The van der Waals surface area contributed by atoms with E-state index in [1.54, 1.807) is 6.92 Å². The van der Waals surface area contributed by atoms with Crippen LogP contribution in [-0.2, 0) is 9.53 Å². The Labute approximate surface area is 113 Å². The third-order valence-electron chi connectivity index (χ3n) is 2.86.